The molecule has 6 rings (SSSR count). The maximum Gasteiger partial charge on any atom is 0.254 e. The van der Waals surface area contributed by atoms with E-state index in [-0.39, 0.29) is 5.91 Å². The lowest BCUT2D eigenvalue weighted by Gasteiger charge is -2.35. The molecule has 1 amide bonds. The highest BCUT2D eigenvalue weighted by Crippen LogP contribution is 2.26. The minimum atomic E-state index is 0.0508. The molecule has 1 fully saturated rings. The van der Waals surface area contributed by atoms with Crippen molar-refractivity contribution in [2.45, 2.75) is 13.8 Å². The summed E-state index contributed by atoms with van der Waals surface area (Å²) < 4.78 is 1.97. The third kappa shape index (κ3) is 3.91. The van der Waals surface area contributed by atoms with Crippen molar-refractivity contribution < 1.29 is 4.79 Å². The highest BCUT2D eigenvalue weighted by Gasteiger charge is 2.24. The molecule has 0 aliphatic carbocycles. The number of rotatable bonds is 3. The van der Waals surface area contributed by atoms with E-state index in [2.05, 4.69) is 43.0 Å². The molecule has 35 heavy (non-hydrogen) atoms. The predicted octanol–water partition coefficient (Wildman–Crippen LogP) is 5.13. The summed E-state index contributed by atoms with van der Waals surface area (Å²) in [5, 5.41) is 1.20. The number of hydrogen-bond acceptors (Lipinski definition) is 4. The number of hydrogen-bond donors (Lipinski definition) is 0. The van der Waals surface area contributed by atoms with Crippen molar-refractivity contribution in [2.75, 3.05) is 31.1 Å². The molecule has 0 radical (unpaired) electrons. The van der Waals surface area contributed by atoms with E-state index in [9.17, 15) is 4.79 Å². The Bertz CT molecular complexity index is 1550. The molecule has 1 saturated heterocycles. The summed E-state index contributed by atoms with van der Waals surface area (Å²) in [6.45, 7) is 7.11. The molecule has 0 atom stereocenters. The molecule has 1 aliphatic rings. The number of benzene rings is 2. The van der Waals surface area contributed by atoms with E-state index in [1.165, 1.54) is 16.5 Å². The van der Waals surface area contributed by atoms with Gasteiger partial charge in [-0.15, -0.1) is 0 Å². The molecular weight excluding hydrogens is 434 g/mol. The summed E-state index contributed by atoms with van der Waals surface area (Å²) in [5.74, 6) is 1.04. The predicted molar refractivity (Wildman–Crippen MR) is 140 cm³/mol. The van der Waals surface area contributed by atoms with Crippen molar-refractivity contribution in [3.05, 3.63) is 95.8 Å². The van der Waals surface area contributed by atoms with Crippen molar-refractivity contribution in [1.29, 1.82) is 0 Å². The fraction of sp³-hybridized carbons (Fsp3) is 0.207. The molecule has 0 bridgehead atoms. The molecule has 6 heteroatoms. The Hall–Kier alpha value is -4.19. The smallest absolute Gasteiger partial charge is 0.254 e. The number of fused-ring (bicyclic) bond motifs is 2. The first-order chi connectivity index (χ1) is 17.1. The molecule has 0 saturated carbocycles. The van der Waals surface area contributed by atoms with E-state index in [0.717, 1.165) is 41.3 Å². The SMILES string of the molecule is Cc1cc(N2CCN(C(=O)c3ccn4cc(-c5ccccc5)nc4c3)CC2)nc2c(C)cccc12. The third-order valence-electron chi connectivity index (χ3n) is 6.90. The monoisotopic (exact) mass is 461 g/mol. The average molecular weight is 462 g/mol. The second-order valence-electron chi connectivity index (χ2n) is 9.22. The Balaban J connectivity index is 1.19. The van der Waals surface area contributed by atoms with Crippen LogP contribution in [0.4, 0.5) is 5.82 Å². The van der Waals surface area contributed by atoms with Gasteiger partial charge in [-0.1, -0.05) is 48.5 Å². The quantitative estimate of drug-likeness (QED) is 0.374. The molecule has 1 aliphatic heterocycles. The van der Waals surface area contributed by atoms with E-state index < -0.39 is 0 Å². The van der Waals surface area contributed by atoms with Crippen LogP contribution in [0.2, 0.25) is 0 Å². The van der Waals surface area contributed by atoms with Gasteiger partial charge in [-0.25, -0.2) is 9.97 Å². The zero-order chi connectivity index (χ0) is 23.9. The van der Waals surface area contributed by atoms with E-state index in [0.29, 0.717) is 18.7 Å². The number of nitrogens with zero attached hydrogens (tertiary/aromatic N) is 5. The minimum absolute atomic E-state index is 0.0508. The molecule has 0 unspecified atom stereocenters. The van der Waals surface area contributed by atoms with Gasteiger partial charge in [-0.2, -0.15) is 0 Å². The van der Waals surface area contributed by atoms with E-state index >= 15 is 0 Å². The summed E-state index contributed by atoms with van der Waals surface area (Å²) in [4.78, 5) is 27.2. The summed E-state index contributed by atoms with van der Waals surface area (Å²) in [6.07, 6.45) is 3.92. The van der Waals surface area contributed by atoms with Crippen LogP contribution in [0.3, 0.4) is 0 Å². The van der Waals surface area contributed by atoms with E-state index in [4.69, 9.17) is 9.97 Å². The van der Waals surface area contributed by atoms with Gasteiger partial charge in [0.15, 0.2) is 0 Å². The molecule has 0 N–H and O–H groups in total. The highest BCUT2D eigenvalue weighted by molar-refractivity contribution is 5.95. The standard InChI is InChI=1S/C29H27N5O/c1-20-7-6-10-24-21(2)17-26(31-28(20)24)32-13-15-33(16-14-32)29(35)23-11-12-34-19-25(30-27(34)18-23)22-8-4-3-5-9-22/h3-12,17-19H,13-16H2,1-2H3. The number of aryl methyl sites for hydroxylation is 2. The van der Waals surface area contributed by atoms with Gasteiger partial charge < -0.3 is 14.2 Å². The summed E-state index contributed by atoms with van der Waals surface area (Å²) in [7, 11) is 0. The lowest BCUT2D eigenvalue weighted by molar-refractivity contribution is 0.0746. The Morgan fingerprint density at radius 2 is 1.63 bits per heavy atom. The molecule has 0 spiro atoms. The van der Waals surface area contributed by atoms with Crippen molar-refractivity contribution in [3.8, 4) is 11.3 Å². The first kappa shape index (κ1) is 21.4. The van der Waals surface area contributed by atoms with Crippen molar-refractivity contribution in [3.63, 3.8) is 0 Å². The number of piperazine rings is 1. The van der Waals surface area contributed by atoms with Crippen LogP contribution in [0.5, 0.6) is 0 Å². The van der Waals surface area contributed by atoms with Crippen LogP contribution in [0, 0.1) is 13.8 Å². The van der Waals surface area contributed by atoms with Crippen LogP contribution < -0.4 is 4.90 Å². The molecule has 4 heterocycles. The van der Waals surface area contributed by atoms with Crippen molar-refractivity contribution in [1.82, 2.24) is 19.3 Å². The Morgan fingerprint density at radius 3 is 2.43 bits per heavy atom. The molecule has 174 valence electrons. The number of anilines is 1. The highest BCUT2D eigenvalue weighted by atomic mass is 16.2. The normalized spacial score (nSPS) is 14.1. The average Bonchev–Trinajstić information content (AvgIpc) is 3.33. The number of carbonyl (C=O) groups is 1. The molecule has 5 aromatic rings. The Labute approximate surface area is 204 Å². The van der Waals surface area contributed by atoms with E-state index in [1.54, 1.807) is 0 Å². The lowest BCUT2D eigenvalue weighted by Crippen LogP contribution is -2.49. The first-order valence-corrected chi connectivity index (χ1v) is 12.0. The summed E-state index contributed by atoms with van der Waals surface area (Å²) in [5.41, 5.74) is 6.89. The van der Waals surface area contributed by atoms with Crippen LogP contribution >= 0.6 is 0 Å². The van der Waals surface area contributed by atoms with Gasteiger partial charge in [0.25, 0.3) is 5.91 Å². The van der Waals surface area contributed by atoms with Crippen LogP contribution in [0.15, 0.2) is 79.1 Å². The fourth-order valence-corrected chi connectivity index (χ4v) is 4.89. The number of pyridine rings is 2. The summed E-state index contributed by atoms with van der Waals surface area (Å²) in [6, 6.07) is 22.3. The van der Waals surface area contributed by atoms with Gasteiger partial charge in [-0.05, 0) is 43.2 Å². The van der Waals surface area contributed by atoms with Crippen molar-refractivity contribution >= 4 is 28.3 Å². The molecule has 2 aromatic carbocycles. The first-order valence-electron chi connectivity index (χ1n) is 12.0. The second-order valence-corrected chi connectivity index (χ2v) is 9.22. The van der Waals surface area contributed by atoms with Crippen LogP contribution in [0.1, 0.15) is 21.5 Å². The van der Waals surface area contributed by atoms with Gasteiger partial charge >= 0.3 is 0 Å². The van der Waals surface area contributed by atoms with Crippen molar-refractivity contribution in [2.24, 2.45) is 0 Å². The Morgan fingerprint density at radius 1 is 0.829 bits per heavy atom. The maximum atomic E-state index is 13.3. The van der Waals surface area contributed by atoms with Crippen LogP contribution in [0.25, 0.3) is 27.8 Å². The second kappa shape index (κ2) is 8.55. The van der Waals surface area contributed by atoms with Gasteiger partial charge in [0.2, 0.25) is 0 Å². The lowest BCUT2D eigenvalue weighted by atomic mass is 10.1. The third-order valence-corrected chi connectivity index (χ3v) is 6.90. The fourth-order valence-electron chi connectivity index (χ4n) is 4.89. The Kier molecular flexibility index (Phi) is 5.21. The zero-order valence-corrected chi connectivity index (χ0v) is 20.0. The van der Waals surface area contributed by atoms with Gasteiger partial charge in [0.05, 0.1) is 11.2 Å². The van der Waals surface area contributed by atoms with Crippen LogP contribution in [-0.2, 0) is 0 Å². The number of carbonyl (C=O) groups excluding carboxylic acids is 1. The minimum Gasteiger partial charge on any atom is -0.353 e. The number of amides is 1. The van der Waals surface area contributed by atoms with Gasteiger partial charge in [-0.3, -0.25) is 4.79 Å². The van der Waals surface area contributed by atoms with Crippen LogP contribution in [-0.4, -0.2) is 51.4 Å². The number of aromatic nitrogens is 3. The summed E-state index contributed by atoms with van der Waals surface area (Å²) >= 11 is 0. The maximum absolute atomic E-state index is 13.3. The molecular formula is C29H27N5O. The number of imidazole rings is 1. The topological polar surface area (TPSA) is 53.7 Å². The zero-order valence-electron chi connectivity index (χ0n) is 20.0. The van der Waals surface area contributed by atoms with E-state index in [1.807, 2.05) is 64.2 Å². The number of para-hydroxylation sites is 1. The van der Waals surface area contributed by atoms with Gasteiger partial charge in [0.1, 0.15) is 11.5 Å². The molecule has 3 aromatic heterocycles. The largest absolute Gasteiger partial charge is 0.353 e. The molecule has 6 nitrogen and oxygen atoms in total. The van der Waals surface area contributed by atoms with Gasteiger partial charge in [0, 0.05) is 55.1 Å².